The van der Waals surface area contributed by atoms with Crippen molar-refractivity contribution in [2.75, 3.05) is 6.54 Å². The quantitative estimate of drug-likeness (QED) is 0.895. The van der Waals surface area contributed by atoms with Gasteiger partial charge in [-0.2, -0.15) is 5.10 Å². The molecule has 1 amide bonds. The number of hydrogen-bond donors (Lipinski definition) is 1. The SMILES string of the molecule is O=C(O)CCc1cc2n(n1)CCN(C(=O)CC1CCc3ccccc31)C2. The van der Waals surface area contributed by atoms with E-state index in [2.05, 4.69) is 29.4 Å². The van der Waals surface area contributed by atoms with Crippen LogP contribution in [0.3, 0.4) is 0 Å². The van der Waals surface area contributed by atoms with Gasteiger partial charge in [-0.05, 0) is 36.0 Å². The van der Waals surface area contributed by atoms with E-state index in [1.54, 1.807) is 0 Å². The Balaban J connectivity index is 1.39. The van der Waals surface area contributed by atoms with Gasteiger partial charge in [0.1, 0.15) is 0 Å². The minimum absolute atomic E-state index is 0.0835. The summed E-state index contributed by atoms with van der Waals surface area (Å²) in [5, 5.41) is 13.3. The third-order valence-corrected chi connectivity index (χ3v) is 5.47. The summed E-state index contributed by atoms with van der Waals surface area (Å²) < 4.78 is 1.91. The first kappa shape index (κ1) is 16.8. The lowest BCUT2D eigenvalue weighted by molar-refractivity contribution is -0.137. The molecule has 1 aliphatic heterocycles. The fourth-order valence-corrected chi connectivity index (χ4v) is 4.09. The maximum Gasteiger partial charge on any atom is 0.303 e. The van der Waals surface area contributed by atoms with E-state index in [0.717, 1.165) is 24.2 Å². The number of aliphatic carboxylic acids is 1. The van der Waals surface area contributed by atoms with Crippen LogP contribution in [0.4, 0.5) is 0 Å². The average Bonchev–Trinajstić information content (AvgIpc) is 3.23. The fourth-order valence-electron chi connectivity index (χ4n) is 4.09. The third-order valence-electron chi connectivity index (χ3n) is 5.47. The van der Waals surface area contributed by atoms with Crippen LogP contribution in [0, 0.1) is 0 Å². The number of fused-ring (bicyclic) bond motifs is 2. The van der Waals surface area contributed by atoms with Gasteiger partial charge in [-0.15, -0.1) is 0 Å². The number of aromatic nitrogens is 2. The molecule has 2 aliphatic rings. The lowest BCUT2D eigenvalue weighted by atomic mass is 9.97. The summed E-state index contributed by atoms with van der Waals surface area (Å²) in [6, 6.07) is 10.4. The Kier molecular flexibility index (Phi) is 4.49. The van der Waals surface area contributed by atoms with E-state index in [0.29, 0.717) is 38.4 Å². The van der Waals surface area contributed by atoms with E-state index in [4.69, 9.17) is 5.11 Å². The molecule has 0 fully saturated rings. The van der Waals surface area contributed by atoms with Gasteiger partial charge < -0.3 is 10.0 Å². The van der Waals surface area contributed by atoms with Crippen LogP contribution in [0.15, 0.2) is 30.3 Å². The molecule has 1 aliphatic carbocycles. The number of rotatable bonds is 5. The van der Waals surface area contributed by atoms with Gasteiger partial charge in [-0.3, -0.25) is 14.3 Å². The summed E-state index contributed by atoms with van der Waals surface area (Å²) in [5.41, 5.74) is 4.50. The van der Waals surface area contributed by atoms with E-state index in [9.17, 15) is 9.59 Å². The first-order chi connectivity index (χ1) is 12.6. The number of nitrogens with zero attached hydrogens (tertiary/aromatic N) is 3. The van der Waals surface area contributed by atoms with Crippen LogP contribution in [-0.4, -0.2) is 38.2 Å². The van der Waals surface area contributed by atoms with E-state index < -0.39 is 5.97 Å². The Morgan fingerprint density at radius 1 is 1.23 bits per heavy atom. The Labute approximate surface area is 152 Å². The zero-order valence-electron chi connectivity index (χ0n) is 14.7. The summed E-state index contributed by atoms with van der Waals surface area (Å²) in [5.74, 6) is -0.285. The summed E-state index contributed by atoms with van der Waals surface area (Å²) >= 11 is 0. The minimum atomic E-state index is -0.815. The number of carbonyl (C=O) groups is 2. The molecule has 1 atom stereocenters. The van der Waals surface area contributed by atoms with Crippen molar-refractivity contribution in [2.45, 2.75) is 51.1 Å². The van der Waals surface area contributed by atoms with E-state index in [-0.39, 0.29) is 12.3 Å². The lowest BCUT2D eigenvalue weighted by Gasteiger charge is -2.28. The third kappa shape index (κ3) is 3.36. The predicted molar refractivity (Wildman–Crippen MR) is 95.7 cm³/mol. The molecule has 0 saturated carbocycles. The Bertz CT molecular complexity index is 843. The molecule has 1 unspecified atom stereocenters. The number of amides is 1. The standard InChI is InChI=1S/C20H23N3O3/c24-19(11-15-6-5-14-3-1-2-4-18(14)15)22-9-10-23-17(13-22)12-16(21-23)7-8-20(25)26/h1-4,12,15H,5-11,13H2,(H,25,26). The van der Waals surface area contributed by atoms with Crippen molar-refractivity contribution in [3.8, 4) is 0 Å². The molecule has 2 heterocycles. The fraction of sp³-hybridized carbons (Fsp3) is 0.450. The second-order valence-electron chi connectivity index (χ2n) is 7.20. The molecule has 0 radical (unpaired) electrons. The molecular weight excluding hydrogens is 330 g/mol. The van der Waals surface area contributed by atoms with Crippen molar-refractivity contribution in [2.24, 2.45) is 0 Å². The van der Waals surface area contributed by atoms with Crippen molar-refractivity contribution < 1.29 is 14.7 Å². The number of carboxylic acids is 1. The zero-order valence-corrected chi connectivity index (χ0v) is 14.7. The largest absolute Gasteiger partial charge is 0.481 e. The van der Waals surface area contributed by atoms with Gasteiger partial charge in [-0.25, -0.2) is 0 Å². The first-order valence-corrected chi connectivity index (χ1v) is 9.23. The van der Waals surface area contributed by atoms with Gasteiger partial charge in [-0.1, -0.05) is 24.3 Å². The van der Waals surface area contributed by atoms with Crippen LogP contribution in [0.2, 0.25) is 0 Å². The van der Waals surface area contributed by atoms with Crippen molar-refractivity contribution in [3.63, 3.8) is 0 Å². The van der Waals surface area contributed by atoms with Crippen LogP contribution in [0.25, 0.3) is 0 Å². The van der Waals surface area contributed by atoms with Gasteiger partial charge in [0.2, 0.25) is 5.91 Å². The van der Waals surface area contributed by atoms with Crippen LogP contribution < -0.4 is 0 Å². The molecule has 136 valence electrons. The molecule has 0 bridgehead atoms. The number of aryl methyl sites for hydroxylation is 2. The number of carbonyl (C=O) groups excluding carboxylic acids is 1. The maximum atomic E-state index is 12.8. The molecule has 4 rings (SSSR count). The summed E-state index contributed by atoms with van der Waals surface area (Å²) in [4.78, 5) is 25.5. The van der Waals surface area contributed by atoms with Gasteiger partial charge in [0, 0.05) is 19.4 Å². The summed E-state index contributed by atoms with van der Waals surface area (Å²) in [6.45, 7) is 1.91. The van der Waals surface area contributed by atoms with Crippen LogP contribution in [-0.2, 0) is 35.5 Å². The normalized spacial score (nSPS) is 18.5. The van der Waals surface area contributed by atoms with E-state index in [1.165, 1.54) is 11.1 Å². The molecule has 26 heavy (non-hydrogen) atoms. The molecule has 1 N–H and O–H groups in total. The summed E-state index contributed by atoms with van der Waals surface area (Å²) in [6.07, 6.45) is 3.20. The van der Waals surface area contributed by atoms with Crippen LogP contribution in [0.1, 0.15) is 47.7 Å². The lowest BCUT2D eigenvalue weighted by Crippen LogP contribution is -2.38. The van der Waals surface area contributed by atoms with Gasteiger partial charge >= 0.3 is 5.97 Å². The number of benzene rings is 1. The zero-order chi connectivity index (χ0) is 18.1. The topological polar surface area (TPSA) is 75.4 Å². The molecule has 2 aromatic rings. The predicted octanol–water partition coefficient (Wildman–Crippen LogP) is 2.36. The maximum absolute atomic E-state index is 12.8. The smallest absolute Gasteiger partial charge is 0.303 e. The Hall–Kier alpha value is -2.63. The van der Waals surface area contributed by atoms with E-state index >= 15 is 0 Å². The van der Waals surface area contributed by atoms with Crippen molar-refractivity contribution in [1.29, 1.82) is 0 Å². The van der Waals surface area contributed by atoms with Gasteiger partial charge in [0.05, 0.1) is 30.9 Å². The first-order valence-electron chi connectivity index (χ1n) is 9.23. The molecular formula is C20H23N3O3. The van der Waals surface area contributed by atoms with Gasteiger partial charge in [0.15, 0.2) is 0 Å². The molecule has 0 saturated heterocycles. The second kappa shape index (κ2) is 6.94. The highest BCUT2D eigenvalue weighted by atomic mass is 16.4. The second-order valence-corrected chi connectivity index (χ2v) is 7.20. The Morgan fingerprint density at radius 2 is 2.08 bits per heavy atom. The Morgan fingerprint density at radius 3 is 2.92 bits per heavy atom. The van der Waals surface area contributed by atoms with Gasteiger partial charge in [0.25, 0.3) is 0 Å². The monoisotopic (exact) mass is 353 g/mol. The highest BCUT2D eigenvalue weighted by Crippen LogP contribution is 2.35. The van der Waals surface area contributed by atoms with Crippen molar-refractivity contribution in [3.05, 3.63) is 52.8 Å². The van der Waals surface area contributed by atoms with Crippen molar-refractivity contribution in [1.82, 2.24) is 14.7 Å². The average molecular weight is 353 g/mol. The highest BCUT2D eigenvalue weighted by molar-refractivity contribution is 5.77. The molecule has 1 aromatic carbocycles. The molecule has 0 spiro atoms. The highest BCUT2D eigenvalue weighted by Gasteiger charge is 2.28. The minimum Gasteiger partial charge on any atom is -0.481 e. The van der Waals surface area contributed by atoms with Crippen molar-refractivity contribution >= 4 is 11.9 Å². The molecule has 1 aromatic heterocycles. The summed E-state index contributed by atoms with van der Waals surface area (Å²) in [7, 11) is 0. The number of hydrogen-bond acceptors (Lipinski definition) is 3. The molecule has 6 heteroatoms. The van der Waals surface area contributed by atoms with Crippen LogP contribution in [0.5, 0.6) is 0 Å². The molecule has 6 nitrogen and oxygen atoms in total. The van der Waals surface area contributed by atoms with Crippen LogP contribution >= 0.6 is 0 Å². The number of carboxylic acid groups (broad SMARTS) is 1. The van der Waals surface area contributed by atoms with E-state index in [1.807, 2.05) is 15.6 Å².